The van der Waals surface area contributed by atoms with Gasteiger partial charge in [-0.15, -0.1) is 0 Å². The van der Waals surface area contributed by atoms with Gasteiger partial charge in [0.2, 0.25) is 0 Å². The first-order chi connectivity index (χ1) is 7.83. The smallest absolute Gasteiger partial charge is 0.407 e. The van der Waals surface area contributed by atoms with E-state index in [1.165, 1.54) is 12.8 Å². The monoisotopic (exact) mass is 225 g/mol. The molecule has 1 aliphatic carbocycles. The minimum Gasteiger partial charge on any atom is -0.442 e. The Bertz CT molecular complexity index is 226. The molecule has 92 valence electrons. The number of alkyl carbamates (subject to hydrolysis) is 1. The van der Waals surface area contributed by atoms with Gasteiger partial charge in [0.1, 0.15) is 6.10 Å². The van der Waals surface area contributed by atoms with Crippen molar-refractivity contribution in [3.05, 3.63) is 12.2 Å². The second kappa shape index (κ2) is 8.20. The second-order valence-electron chi connectivity index (χ2n) is 4.29. The molecule has 0 heterocycles. The van der Waals surface area contributed by atoms with Crippen LogP contribution in [0.5, 0.6) is 0 Å². The first-order valence-corrected chi connectivity index (χ1v) is 6.44. The van der Waals surface area contributed by atoms with Crippen LogP contribution in [-0.2, 0) is 4.74 Å². The average molecular weight is 225 g/mol. The van der Waals surface area contributed by atoms with Gasteiger partial charge in [-0.3, -0.25) is 0 Å². The van der Waals surface area contributed by atoms with E-state index in [4.69, 9.17) is 4.74 Å². The highest BCUT2D eigenvalue weighted by atomic mass is 16.6. The van der Waals surface area contributed by atoms with Crippen molar-refractivity contribution in [2.75, 3.05) is 6.54 Å². The molecular formula is C13H23NO2. The Balaban J connectivity index is 2.22. The maximum absolute atomic E-state index is 11.4. The van der Waals surface area contributed by atoms with Gasteiger partial charge in [-0.05, 0) is 38.2 Å². The van der Waals surface area contributed by atoms with E-state index in [0.717, 1.165) is 32.1 Å². The van der Waals surface area contributed by atoms with Crippen molar-refractivity contribution in [2.45, 2.75) is 58.0 Å². The second-order valence-corrected chi connectivity index (χ2v) is 4.29. The molecule has 1 rings (SSSR count). The summed E-state index contributed by atoms with van der Waals surface area (Å²) in [6, 6.07) is 0. The minimum atomic E-state index is -0.274. The van der Waals surface area contributed by atoms with E-state index >= 15 is 0 Å². The van der Waals surface area contributed by atoms with Crippen LogP contribution >= 0.6 is 0 Å². The molecule has 1 atom stereocenters. The van der Waals surface area contributed by atoms with Gasteiger partial charge in [0.05, 0.1) is 0 Å². The Morgan fingerprint density at radius 3 is 3.12 bits per heavy atom. The fourth-order valence-electron chi connectivity index (χ4n) is 1.77. The molecule has 0 saturated carbocycles. The summed E-state index contributed by atoms with van der Waals surface area (Å²) in [5, 5.41) is 2.77. The minimum absolute atomic E-state index is 0.0260. The number of unbranched alkanes of at least 4 members (excludes halogenated alkanes) is 1. The summed E-state index contributed by atoms with van der Waals surface area (Å²) >= 11 is 0. The summed E-state index contributed by atoms with van der Waals surface area (Å²) in [5.41, 5.74) is 0. The highest BCUT2D eigenvalue weighted by Crippen LogP contribution is 2.14. The van der Waals surface area contributed by atoms with Gasteiger partial charge >= 0.3 is 6.09 Å². The fourth-order valence-corrected chi connectivity index (χ4v) is 1.77. The first kappa shape index (κ1) is 13.1. The van der Waals surface area contributed by atoms with E-state index in [9.17, 15) is 4.79 Å². The molecule has 1 amide bonds. The summed E-state index contributed by atoms with van der Waals surface area (Å²) in [4.78, 5) is 11.4. The normalized spacial score (nSPS) is 22.9. The Hall–Kier alpha value is -0.990. The van der Waals surface area contributed by atoms with Crippen molar-refractivity contribution >= 4 is 6.09 Å². The zero-order valence-electron chi connectivity index (χ0n) is 10.2. The SMILES string of the molecule is CCCCNC(=O)OC1/C=C/CCCCC1. The molecule has 3 nitrogen and oxygen atoms in total. The van der Waals surface area contributed by atoms with E-state index in [2.05, 4.69) is 18.3 Å². The third kappa shape index (κ3) is 5.79. The number of allylic oxidation sites excluding steroid dienone is 1. The number of carbonyl (C=O) groups excluding carboxylic acids is 1. The van der Waals surface area contributed by atoms with Gasteiger partial charge in [0.25, 0.3) is 0 Å². The Morgan fingerprint density at radius 2 is 2.31 bits per heavy atom. The highest BCUT2D eigenvalue weighted by Gasteiger charge is 2.11. The molecule has 0 radical (unpaired) electrons. The molecule has 0 spiro atoms. The number of carbonyl (C=O) groups is 1. The van der Waals surface area contributed by atoms with E-state index in [0.29, 0.717) is 6.54 Å². The third-order valence-electron chi connectivity index (χ3n) is 2.77. The standard InChI is InChI=1S/C13H23NO2/c1-2-3-11-14-13(15)16-12-9-7-5-4-6-8-10-12/h7,9,12H,2-6,8,10-11H2,1H3,(H,14,15)/b9-7+. The van der Waals surface area contributed by atoms with Crippen LogP contribution in [0, 0.1) is 0 Å². The van der Waals surface area contributed by atoms with E-state index < -0.39 is 0 Å². The van der Waals surface area contributed by atoms with Crippen LogP contribution in [0.1, 0.15) is 51.9 Å². The van der Waals surface area contributed by atoms with Gasteiger partial charge in [-0.25, -0.2) is 4.79 Å². The average Bonchev–Trinajstić information content (AvgIpc) is 2.22. The topological polar surface area (TPSA) is 38.3 Å². The van der Waals surface area contributed by atoms with Gasteiger partial charge < -0.3 is 10.1 Å². The van der Waals surface area contributed by atoms with Gasteiger partial charge in [-0.1, -0.05) is 25.8 Å². The van der Waals surface area contributed by atoms with Gasteiger partial charge in [-0.2, -0.15) is 0 Å². The molecule has 16 heavy (non-hydrogen) atoms. The number of amides is 1. The quantitative estimate of drug-likeness (QED) is 0.588. The molecule has 1 N–H and O–H groups in total. The number of rotatable bonds is 4. The predicted octanol–water partition coefficient (Wildman–Crippen LogP) is 3.40. The van der Waals surface area contributed by atoms with Crippen molar-refractivity contribution < 1.29 is 9.53 Å². The summed E-state index contributed by atoms with van der Waals surface area (Å²) in [6.07, 6.45) is 11.7. The zero-order chi connectivity index (χ0) is 11.6. The molecular weight excluding hydrogens is 202 g/mol. The van der Waals surface area contributed by atoms with Gasteiger partial charge in [0, 0.05) is 6.54 Å². The summed E-state index contributed by atoms with van der Waals surface area (Å²) in [7, 11) is 0. The molecule has 0 fully saturated rings. The lowest BCUT2D eigenvalue weighted by molar-refractivity contribution is 0.113. The maximum atomic E-state index is 11.4. The molecule has 1 aliphatic rings. The molecule has 0 saturated heterocycles. The number of hydrogen-bond donors (Lipinski definition) is 1. The van der Waals surface area contributed by atoms with Crippen LogP contribution in [0.15, 0.2) is 12.2 Å². The molecule has 0 aromatic rings. The number of nitrogens with one attached hydrogen (secondary N) is 1. The summed E-state index contributed by atoms with van der Waals surface area (Å²) < 4.78 is 5.34. The molecule has 0 aromatic carbocycles. The van der Waals surface area contributed by atoms with Crippen LogP contribution in [0.2, 0.25) is 0 Å². The van der Waals surface area contributed by atoms with E-state index in [1.807, 2.05) is 6.08 Å². The molecule has 0 aliphatic heterocycles. The van der Waals surface area contributed by atoms with Crippen molar-refractivity contribution in [1.29, 1.82) is 0 Å². The lowest BCUT2D eigenvalue weighted by Gasteiger charge is -2.16. The molecule has 0 aromatic heterocycles. The van der Waals surface area contributed by atoms with E-state index in [1.54, 1.807) is 0 Å². The van der Waals surface area contributed by atoms with Crippen molar-refractivity contribution in [3.63, 3.8) is 0 Å². The fraction of sp³-hybridized carbons (Fsp3) is 0.769. The summed E-state index contributed by atoms with van der Waals surface area (Å²) in [5.74, 6) is 0. The number of hydrogen-bond acceptors (Lipinski definition) is 2. The van der Waals surface area contributed by atoms with Crippen LogP contribution in [0.4, 0.5) is 4.79 Å². The Morgan fingerprint density at radius 1 is 1.44 bits per heavy atom. The van der Waals surface area contributed by atoms with Crippen molar-refractivity contribution in [3.8, 4) is 0 Å². The number of ether oxygens (including phenoxy) is 1. The van der Waals surface area contributed by atoms with Crippen molar-refractivity contribution in [2.24, 2.45) is 0 Å². The van der Waals surface area contributed by atoms with Crippen LogP contribution in [0.25, 0.3) is 0 Å². The predicted molar refractivity (Wildman–Crippen MR) is 65.4 cm³/mol. The first-order valence-electron chi connectivity index (χ1n) is 6.44. The highest BCUT2D eigenvalue weighted by molar-refractivity contribution is 5.67. The van der Waals surface area contributed by atoms with Crippen LogP contribution in [-0.4, -0.2) is 18.7 Å². The van der Waals surface area contributed by atoms with Gasteiger partial charge in [0.15, 0.2) is 0 Å². The largest absolute Gasteiger partial charge is 0.442 e. The third-order valence-corrected chi connectivity index (χ3v) is 2.77. The van der Waals surface area contributed by atoms with Crippen molar-refractivity contribution in [1.82, 2.24) is 5.32 Å². The Labute approximate surface area is 98.2 Å². The van der Waals surface area contributed by atoms with E-state index in [-0.39, 0.29) is 12.2 Å². The summed E-state index contributed by atoms with van der Waals surface area (Å²) in [6.45, 7) is 2.82. The van der Waals surface area contributed by atoms with Crippen LogP contribution in [0.3, 0.4) is 0 Å². The Kier molecular flexibility index (Phi) is 6.70. The lowest BCUT2D eigenvalue weighted by atomic mass is 10.0. The molecule has 0 bridgehead atoms. The lowest BCUT2D eigenvalue weighted by Crippen LogP contribution is -2.29. The molecule has 1 unspecified atom stereocenters. The zero-order valence-corrected chi connectivity index (χ0v) is 10.2. The van der Waals surface area contributed by atoms with Crippen LogP contribution < -0.4 is 5.32 Å². The maximum Gasteiger partial charge on any atom is 0.407 e. The molecule has 3 heteroatoms.